The van der Waals surface area contributed by atoms with Gasteiger partial charge in [0.2, 0.25) is 5.91 Å². The van der Waals surface area contributed by atoms with Crippen LogP contribution in [0.15, 0.2) is 71.6 Å². The van der Waals surface area contributed by atoms with Crippen LogP contribution in [0.3, 0.4) is 0 Å². The van der Waals surface area contributed by atoms with E-state index in [4.69, 9.17) is 4.98 Å². The molecule has 0 aliphatic carbocycles. The number of amides is 1. The highest BCUT2D eigenvalue weighted by atomic mass is 32.2. The average Bonchev–Trinajstić information content (AvgIpc) is 3.16. The quantitative estimate of drug-likeness (QED) is 0.329. The Balaban J connectivity index is 1.63. The molecule has 0 fully saturated rings. The first-order chi connectivity index (χ1) is 14.5. The van der Waals surface area contributed by atoms with Crippen molar-refractivity contribution in [3.63, 3.8) is 0 Å². The number of thiazole rings is 1. The summed E-state index contributed by atoms with van der Waals surface area (Å²) in [4.78, 5) is 20.6. The van der Waals surface area contributed by atoms with Crippen LogP contribution in [0.4, 0.5) is 9.52 Å². The second kappa shape index (κ2) is 8.98. The van der Waals surface area contributed by atoms with Crippen LogP contribution in [-0.4, -0.2) is 16.6 Å². The Morgan fingerprint density at radius 2 is 1.80 bits per heavy atom. The minimum Gasteiger partial charge on any atom is -0.283 e. The molecule has 0 aliphatic rings. The van der Waals surface area contributed by atoms with Crippen LogP contribution in [-0.2, 0) is 11.3 Å². The van der Waals surface area contributed by atoms with Crippen molar-refractivity contribution >= 4 is 44.4 Å². The number of hydrogen-bond acceptors (Lipinski definition) is 4. The molecular weight excluding hydrogens is 415 g/mol. The van der Waals surface area contributed by atoms with Crippen molar-refractivity contribution in [1.29, 1.82) is 0 Å². The van der Waals surface area contributed by atoms with E-state index in [0.717, 1.165) is 26.2 Å². The summed E-state index contributed by atoms with van der Waals surface area (Å²) in [6.07, 6.45) is 0. The SMILES string of the molecule is Cc1cc(C)c2nc(N(Cc3ccccc3)C(=O)CSc3ccc(F)cc3)sc2c1. The summed E-state index contributed by atoms with van der Waals surface area (Å²) in [5.74, 6) is -0.0509. The number of thioether (sulfide) groups is 1. The number of aryl methyl sites for hydroxylation is 2. The Hall–Kier alpha value is -2.70. The van der Waals surface area contributed by atoms with E-state index in [2.05, 4.69) is 19.1 Å². The van der Waals surface area contributed by atoms with Gasteiger partial charge in [0.1, 0.15) is 5.82 Å². The maximum absolute atomic E-state index is 13.2. The summed E-state index contributed by atoms with van der Waals surface area (Å²) in [6.45, 7) is 4.58. The van der Waals surface area contributed by atoms with Gasteiger partial charge in [-0.2, -0.15) is 0 Å². The van der Waals surface area contributed by atoms with Crippen molar-refractivity contribution in [2.75, 3.05) is 10.7 Å². The predicted molar refractivity (Wildman–Crippen MR) is 124 cm³/mol. The van der Waals surface area contributed by atoms with Gasteiger partial charge in [-0.05, 0) is 60.9 Å². The Labute approximate surface area is 183 Å². The highest BCUT2D eigenvalue weighted by Gasteiger charge is 2.21. The molecule has 1 amide bonds. The summed E-state index contributed by atoms with van der Waals surface area (Å²) < 4.78 is 14.2. The number of aromatic nitrogens is 1. The molecule has 0 atom stereocenters. The molecular formula is C24H21FN2OS2. The van der Waals surface area contributed by atoms with E-state index in [1.54, 1.807) is 28.4 Å². The number of halogens is 1. The molecule has 3 nitrogen and oxygen atoms in total. The third-order valence-corrected chi connectivity index (χ3v) is 6.73. The fourth-order valence-electron chi connectivity index (χ4n) is 3.26. The summed E-state index contributed by atoms with van der Waals surface area (Å²) in [5, 5.41) is 0.701. The van der Waals surface area contributed by atoms with Gasteiger partial charge in [-0.3, -0.25) is 9.69 Å². The van der Waals surface area contributed by atoms with Crippen molar-refractivity contribution < 1.29 is 9.18 Å². The molecule has 30 heavy (non-hydrogen) atoms. The van der Waals surface area contributed by atoms with E-state index >= 15 is 0 Å². The minimum atomic E-state index is -0.281. The van der Waals surface area contributed by atoms with Gasteiger partial charge in [0.15, 0.2) is 5.13 Å². The molecule has 0 radical (unpaired) electrons. The molecule has 0 N–H and O–H groups in total. The van der Waals surface area contributed by atoms with Crippen LogP contribution < -0.4 is 4.90 Å². The third-order valence-electron chi connectivity index (χ3n) is 4.71. The zero-order valence-electron chi connectivity index (χ0n) is 16.8. The van der Waals surface area contributed by atoms with E-state index in [9.17, 15) is 9.18 Å². The Bertz CT molecular complexity index is 1170. The molecule has 1 aromatic heterocycles. The van der Waals surface area contributed by atoms with Crippen molar-refractivity contribution in [2.24, 2.45) is 0 Å². The molecule has 0 spiro atoms. The second-order valence-corrected chi connectivity index (χ2v) is 9.19. The molecule has 6 heteroatoms. The van der Waals surface area contributed by atoms with Crippen LogP contribution >= 0.6 is 23.1 Å². The molecule has 3 aromatic carbocycles. The van der Waals surface area contributed by atoms with Crippen LogP contribution in [0.25, 0.3) is 10.2 Å². The lowest BCUT2D eigenvalue weighted by atomic mass is 10.1. The smallest absolute Gasteiger partial charge is 0.239 e. The molecule has 1 heterocycles. The van der Waals surface area contributed by atoms with Crippen LogP contribution in [0.5, 0.6) is 0 Å². The van der Waals surface area contributed by atoms with Gasteiger partial charge in [0.25, 0.3) is 0 Å². The molecule has 152 valence electrons. The van der Waals surface area contributed by atoms with E-state index in [1.165, 1.54) is 29.5 Å². The van der Waals surface area contributed by atoms with Crippen molar-refractivity contribution in [3.8, 4) is 0 Å². The lowest BCUT2D eigenvalue weighted by Gasteiger charge is -2.20. The van der Waals surface area contributed by atoms with Crippen molar-refractivity contribution in [2.45, 2.75) is 25.3 Å². The topological polar surface area (TPSA) is 33.2 Å². The lowest BCUT2D eigenvalue weighted by Crippen LogP contribution is -2.31. The standard InChI is InChI=1S/C24H21FN2OS2/c1-16-12-17(2)23-21(13-16)30-24(26-23)27(14-18-6-4-3-5-7-18)22(28)15-29-20-10-8-19(25)9-11-20/h3-13H,14-15H2,1-2H3. The normalized spacial score (nSPS) is 11.0. The number of benzene rings is 3. The number of nitrogens with zero attached hydrogens (tertiary/aromatic N) is 2. The maximum Gasteiger partial charge on any atom is 0.239 e. The van der Waals surface area contributed by atoms with E-state index < -0.39 is 0 Å². The van der Waals surface area contributed by atoms with E-state index in [0.29, 0.717) is 11.7 Å². The summed E-state index contributed by atoms with van der Waals surface area (Å²) in [7, 11) is 0. The fourth-order valence-corrected chi connectivity index (χ4v) is 5.19. The van der Waals surface area contributed by atoms with Crippen LogP contribution in [0.1, 0.15) is 16.7 Å². The van der Waals surface area contributed by atoms with Gasteiger partial charge < -0.3 is 0 Å². The molecule has 4 rings (SSSR count). The Kier molecular flexibility index (Phi) is 6.16. The Morgan fingerprint density at radius 3 is 2.53 bits per heavy atom. The summed E-state index contributed by atoms with van der Waals surface area (Å²) in [6, 6.07) is 20.4. The monoisotopic (exact) mass is 436 g/mol. The molecule has 0 saturated carbocycles. The number of carbonyl (C=O) groups is 1. The third kappa shape index (κ3) is 4.71. The lowest BCUT2D eigenvalue weighted by molar-refractivity contribution is -0.116. The van der Waals surface area contributed by atoms with Gasteiger partial charge >= 0.3 is 0 Å². The molecule has 0 aliphatic heterocycles. The Morgan fingerprint density at radius 1 is 1.07 bits per heavy atom. The first-order valence-electron chi connectivity index (χ1n) is 9.60. The highest BCUT2D eigenvalue weighted by molar-refractivity contribution is 8.00. The number of anilines is 1. The largest absolute Gasteiger partial charge is 0.283 e. The van der Waals surface area contributed by atoms with Crippen molar-refractivity contribution in [3.05, 3.63) is 89.2 Å². The van der Waals surface area contributed by atoms with E-state index in [-0.39, 0.29) is 17.5 Å². The average molecular weight is 437 g/mol. The van der Waals surface area contributed by atoms with Gasteiger partial charge in [0.05, 0.1) is 22.5 Å². The number of fused-ring (bicyclic) bond motifs is 1. The van der Waals surface area contributed by atoms with Crippen molar-refractivity contribution in [1.82, 2.24) is 4.98 Å². The van der Waals surface area contributed by atoms with Crippen LogP contribution in [0, 0.1) is 19.7 Å². The number of carbonyl (C=O) groups excluding carboxylic acids is 1. The first kappa shape index (κ1) is 20.6. The predicted octanol–water partition coefficient (Wildman–Crippen LogP) is 6.38. The number of rotatable bonds is 6. The fraction of sp³-hybridized carbons (Fsp3) is 0.167. The van der Waals surface area contributed by atoms with Gasteiger partial charge in [-0.1, -0.05) is 47.7 Å². The zero-order chi connectivity index (χ0) is 21.1. The van der Waals surface area contributed by atoms with Gasteiger partial charge in [0, 0.05) is 4.90 Å². The van der Waals surface area contributed by atoms with Gasteiger partial charge in [-0.25, -0.2) is 9.37 Å². The molecule has 0 saturated heterocycles. The van der Waals surface area contributed by atoms with E-state index in [1.807, 2.05) is 37.3 Å². The van der Waals surface area contributed by atoms with Gasteiger partial charge in [-0.15, -0.1) is 11.8 Å². The zero-order valence-corrected chi connectivity index (χ0v) is 18.4. The van der Waals surface area contributed by atoms with Crippen LogP contribution in [0.2, 0.25) is 0 Å². The molecule has 0 bridgehead atoms. The maximum atomic E-state index is 13.2. The first-order valence-corrected chi connectivity index (χ1v) is 11.4. The summed E-state index contributed by atoms with van der Waals surface area (Å²) in [5.41, 5.74) is 4.28. The molecule has 0 unspecified atom stereocenters. The molecule has 4 aromatic rings. The number of hydrogen-bond donors (Lipinski definition) is 0. The summed E-state index contributed by atoms with van der Waals surface area (Å²) >= 11 is 2.94. The highest BCUT2D eigenvalue weighted by Crippen LogP contribution is 2.33. The minimum absolute atomic E-state index is 0.0263. The second-order valence-electron chi connectivity index (χ2n) is 7.13.